The Morgan fingerprint density at radius 2 is 1.95 bits per heavy atom. The van der Waals surface area contributed by atoms with Gasteiger partial charge in [-0.2, -0.15) is 5.26 Å². The first kappa shape index (κ1) is 13.1. The van der Waals surface area contributed by atoms with Gasteiger partial charge in [-0.05, 0) is 24.3 Å². The number of nitriles is 1. The molecule has 4 nitrogen and oxygen atoms in total. The molecule has 0 aliphatic rings. The Morgan fingerprint density at radius 3 is 2.76 bits per heavy atom. The molecule has 0 radical (unpaired) electrons. The summed E-state index contributed by atoms with van der Waals surface area (Å²) in [6.07, 6.45) is 2.44. The predicted octanol–water partition coefficient (Wildman–Crippen LogP) is 3.12. The maximum absolute atomic E-state index is 9.21. The largest absolute Gasteiger partial charge is 0.476 e. The number of hydrogen-bond donors (Lipinski definition) is 0. The second-order valence-electron chi connectivity index (χ2n) is 4.57. The van der Waals surface area contributed by atoms with Crippen molar-refractivity contribution < 1.29 is 4.74 Å². The smallest absolute Gasteiger partial charge is 0.232 e. The fraction of sp³-hybridized carbons (Fsp3) is 0.118. The highest BCUT2D eigenvalue weighted by atomic mass is 16.5. The van der Waals surface area contributed by atoms with Crippen LogP contribution in [0.1, 0.15) is 11.3 Å². The van der Waals surface area contributed by atoms with Crippen LogP contribution in [-0.4, -0.2) is 16.6 Å². The number of nitrogens with zero attached hydrogens (tertiary/aromatic N) is 3. The van der Waals surface area contributed by atoms with Crippen molar-refractivity contribution in [2.75, 3.05) is 6.61 Å². The number of fused-ring (bicyclic) bond motifs is 1. The highest BCUT2D eigenvalue weighted by molar-refractivity contribution is 5.80. The Balaban J connectivity index is 1.78. The molecule has 3 aromatic rings. The second kappa shape index (κ2) is 6.02. The van der Waals surface area contributed by atoms with Crippen LogP contribution in [0.5, 0.6) is 5.88 Å². The molecule has 0 atom stereocenters. The zero-order valence-electron chi connectivity index (χ0n) is 11.4. The van der Waals surface area contributed by atoms with Crippen molar-refractivity contribution in [3.05, 3.63) is 66.0 Å². The van der Waals surface area contributed by atoms with Crippen molar-refractivity contribution in [1.82, 2.24) is 9.97 Å². The molecule has 1 aromatic carbocycles. The average molecular weight is 275 g/mol. The molecule has 0 spiro atoms. The molecule has 21 heavy (non-hydrogen) atoms. The van der Waals surface area contributed by atoms with Crippen LogP contribution in [0.15, 0.2) is 54.7 Å². The van der Waals surface area contributed by atoms with Gasteiger partial charge in [-0.15, -0.1) is 0 Å². The van der Waals surface area contributed by atoms with Gasteiger partial charge in [0, 0.05) is 23.7 Å². The van der Waals surface area contributed by atoms with Crippen LogP contribution >= 0.6 is 0 Å². The summed E-state index contributed by atoms with van der Waals surface area (Å²) >= 11 is 0. The number of benzene rings is 1. The third-order valence-electron chi connectivity index (χ3n) is 3.13. The lowest BCUT2D eigenvalue weighted by Crippen LogP contribution is -2.05. The van der Waals surface area contributed by atoms with E-state index in [1.54, 1.807) is 12.3 Å². The molecule has 0 aliphatic carbocycles. The summed E-state index contributed by atoms with van der Waals surface area (Å²) in [7, 11) is 0. The van der Waals surface area contributed by atoms with E-state index < -0.39 is 0 Å². The van der Waals surface area contributed by atoms with Crippen LogP contribution in [0.25, 0.3) is 10.9 Å². The molecule has 0 aliphatic heterocycles. The van der Waals surface area contributed by atoms with Gasteiger partial charge < -0.3 is 4.74 Å². The fourth-order valence-corrected chi connectivity index (χ4v) is 2.09. The van der Waals surface area contributed by atoms with Crippen LogP contribution < -0.4 is 4.74 Å². The summed E-state index contributed by atoms with van der Waals surface area (Å²) < 4.78 is 5.67. The number of hydrogen-bond acceptors (Lipinski definition) is 4. The molecule has 2 heterocycles. The van der Waals surface area contributed by atoms with Crippen LogP contribution in [0.2, 0.25) is 0 Å². The lowest BCUT2D eigenvalue weighted by Gasteiger charge is -2.08. The van der Waals surface area contributed by atoms with E-state index in [0.717, 1.165) is 16.6 Å². The molecule has 4 heteroatoms. The zero-order valence-corrected chi connectivity index (χ0v) is 11.4. The van der Waals surface area contributed by atoms with Crippen molar-refractivity contribution in [3.8, 4) is 11.9 Å². The first-order valence-corrected chi connectivity index (χ1v) is 6.69. The fourth-order valence-electron chi connectivity index (χ4n) is 2.09. The normalized spacial score (nSPS) is 10.2. The maximum Gasteiger partial charge on any atom is 0.232 e. The minimum Gasteiger partial charge on any atom is -0.476 e. The molecule has 102 valence electrons. The SMILES string of the molecule is N#Cc1cc2ccccc2nc1OCCc1ccccn1. The van der Waals surface area contributed by atoms with Gasteiger partial charge in [0.25, 0.3) is 0 Å². The first-order valence-electron chi connectivity index (χ1n) is 6.69. The van der Waals surface area contributed by atoms with E-state index in [1.807, 2.05) is 42.5 Å². The van der Waals surface area contributed by atoms with Crippen molar-refractivity contribution >= 4 is 10.9 Å². The molecule has 0 bridgehead atoms. The molecule has 0 amide bonds. The maximum atomic E-state index is 9.21. The number of rotatable bonds is 4. The Bertz CT molecular complexity index is 794. The predicted molar refractivity (Wildman–Crippen MR) is 79.9 cm³/mol. The first-order chi connectivity index (χ1) is 10.4. The summed E-state index contributed by atoms with van der Waals surface area (Å²) in [6.45, 7) is 0.442. The quantitative estimate of drug-likeness (QED) is 0.734. The molecule has 0 saturated carbocycles. The highest BCUT2D eigenvalue weighted by Gasteiger charge is 2.07. The van der Waals surface area contributed by atoms with Gasteiger partial charge in [0.15, 0.2) is 0 Å². The zero-order chi connectivity index (χ0) is 14.5. The Hall–Kier alpha value is -2.93. The standard InChI is InChI=1S/C17H13N3O/c18-12-14-11-13-5-1-2-7-16(13)20-17(14)21-10-8-15-6-3-4-9-19-15/h1-7,9,11H,8,10H2. The molecule has 0 N–H and O–H groups in total. The summed E-state index contributed by atoms with van der Waals surface area (Å²) in [5, 5.41) is 10.1. The van der Waals surface area contributed by atoms with Gasteiger partial charge in [-0.3, -0.25) is 4.98 Å². The highest BCUT2D eigenvalue weighted by Crippen LogP contribution is 2.21. The van der Waals surface area contributed by atoms with E-state index in [9.17, 15) is 5.26 Å². The average Bonchev–Trinajstić information content (AvgIpc) is 2.55. The van der Waals surface area contributed by atoms with E-state index in [-0.39, 0.29) is 0 Å². The van der Waals surface area contributed by atoms with Crippen LogP contribution in [0.3, 0.4) is 0 Å². The Kier molecular flexibility index (Phi) is 3.74. The molecule has 2 aromatic heterocycles. The molecule has 0 saturated heterocycles. The van der Waals surface area contributed by atoms with E-state index in [1.165, 1.54) is 0 Å². The van der Waals surface area contributed by atoms with Gasteiger partial charge in [0.2, 0.25) is 5.88 Å². The Morgan fingerprint density at radius 1 is 1.10 bits per heavy atom. The van der Waals surface area contributed by atoms with Gasteiger partial charge in [0.05, 0.1) is 12.1 Å². The number of pyridine rings is 2. The molecular weight excluding hydrogens is 262 g/mol. The van der Waals surface area contributed by atoms with Gasteiger partial charge >= 0.3 is 0 Å². The molecular formula is C17H13N3O. The number of ether oxygens (including phenoxy) is 1. The monoisotopic (exact) mass is 275 g/mol. The lowest BCUT2D eigenvalue weighted by atomic mass is 10.1. The van der Waals surface area contributed by atoms with Crippen molar-refractivity contribution in [1.29, 1.82) is 5.26 Å². The molecule has 0 fully saturated rings. The van der Waals surface area contributed by atoms with E-state index in [4.69, 9.17) is 4.74 Å². The van der Waals surface area contributed by atoms with Gasteiger partial charge in [0.1, 0.15) is 11.6 Å². The minimum absolute atomic E-state index is 0.382. The lowest BCUT2D eigenvalue weighted by molar-refractivity contribution is 0.308. The summed E-state index contributed by atoms with van der Waals surface area (Å²) in [5.74, 6) is 0.382. The van der Waals surface area contributed by atoms with Crippen LogP contribution in [0, 0.1) is 11.3 Å². The molecule has 0 unspecified atom stereocenters. The van der Waals surface area contributed by atoms with E-state index >= 15 is 0 Å². The third-order valence-corrected chi connectivity index (χ3v) is 3.13. The number of para-hydroxylation sites is 1. The second-order valence-corrected chi connectivity index (χ2v) is 4.57. The summed E-state index contributed by atoms with van der Waals surface area (Å²) in [6, 6.07) is 17.4. The topological polar surface area (TPSA) is 58.8 Å². The van der Waals surface area contributed by atoms with E-state index in [2.05, 4.69) is 16.0 Å². The summed E-state index contributed by atoms with van der Waals surface area (Å²) in [5.41, 5.74) is 2.23. The molecule has 3 rings (SSSR count). The Labute approximate surface area is 122 Å². The van der Waals surface area contributed by atoms with Crippen LogP contribution in [-0.2, 0) is 6.42 Å². The van der Waals surface area contributed by atoms with Gasteiger partial charge in [-0.25, -0.2) is 4.98 Å². The van der Waals surface area contributed by atoms with Crippen LogP contribution in [0.4, 0.5) is 0 Å². The van der Waals surface area contributed by atoms with Crippen molar-refractivity contribution in [2.24, 2.45) is 0 Å². The van der Waals surface area contributed by atoms with Crippen molar-refractivity contribution in [3.63, 3.8) is 0 Å². The van der Waals surface area contributed by atoms with Crippen molar-refractivity contribution in [2.45, 2.75) is 6.42 Å². The minimum atomic E-state index is 0.382. The number of aromatic nitrogens is 2. The van der Waals surface area contributed by atoms with Gasteiger partial charge in [-0.1, -0.05) is 24.3 Å². The third kappa shape index (κ3) is 2.98. The summed E-state index contributed by atoms with van der Waals surface area (Å²) in [4.78, 5) is 8.65. The van der Waals surface area contributed by atoms with E-state index in [0.29, 0.717) is 24.5 Å².